The third-order valence-electron chi connectivity index (χ3n) is 7.12. The van der Waals surface area contributed by atoms with E-state index in [1.54, 1.807) is 17.0 Å². The molecule has 2 amide bonds. The van der Waals surface area contributed by atoms with E-state index in [4.69, 9.17) is 23.2 Å². The van der Waals surface area contributed by atoms with Crippen LogP contribution < -0.4 is 4.90 Å². The maximum absolute atomic E-state index is 14.2. The van der Waals surface area contributed by atoms with Gasteiger partial charge in [-0.25, -0.2) is 0 Å². The number of halogens is 2. The maximum Gasteiger partial charge on any atom is 0.288 e. The fraction of sp³-hybridized carbons (Fsp3) is 0.172. The highest BCUT2D eigenvalue weighted by atomic mass is 35.5. The molecule has 39 heavy (non-hydrogen) atoms. The van der Waals surface area contributed by atoms with Gasteiger partial charge in [0.1, 0.15) is 17.6 Å². The molecule has 4 aromatic rings. The molecule has 196 valence electrons. The fourth-order valence-electron chi connectivity index (χ4n) is 5.15. The van der Waals surface area contributed by atoms with E-state index in [0.717, 1.165) is 35.5 Å². The molecule has 0 spiro atoms. The van der Waals surface area contributed by atoms with Gasteiger partial charge < -0.3 is 9.47 Å². The van der Waals surface area contributed by atoms with Gasteiger partial charge in [-0.2, -0.15) is 0 Å². The van der Waals surface area contributed by atoms with Crippen molar-refractivity contribution < 1.29 is 14.5 Å². The number of hydrogen-bond acceptors (Lipinski definition) is 4. The van der Waals surface area contributed by atoms with Crippen molar-refractivity contribution in [3.63, 3.8) is 0 Å². The molecule has 1 unspecified atom stereocenters. The number of carbonyl (C=O) groups is 2. The Labute approximate surface area is 234 Å². The molecular formula is C29H22Cl2N4O4. The Kier molecular flexibility index (Phi) is 6.37. The molecular weight excluding hydrogens is 539 g/mol. The number of carbonyl (C=O) groups excluding carboxylic acids is 2. The topological polar surface area (TPSA) is 88.7 Å². The predicted octanol–water partition coefficient (Wildman–Crippen LogP) is 6.43. The number of anilines is 1. The van der Waals surface area contributed by atoms with Crippen LogP contribution in [-0.4, -0.2) is 38.8 Å². The summed E-state index contributed by atoms with van der Waals surface area (Å²) < 4.78 is 2.06. The monoisotopic (exact) mass is 560 g/mol. The van der Waals surface area contributed by atoms with E-state index >= 15 is 0 Å². The average molecular weight is 561 g/mol. The van der Waals surface area contributed by atoms with E-state index < -0.39 is 16.9 Å². The number of benzene rings is 3. The van der Waals surface area contributed by atoms with Crippen molar-refractivity contribution in [1.82, 2.24) is 9.47 Å². The van der Waals surface area contributed by atoms with Crippen LogP contribution in [0.15, 0.2) is 85.1 Å². The number of nitro benzene ring substituents is 1. The molecule has 1 atom stereocenters. The number of amides is 2. The van der Waals surface area contributed by atoms with Gasteiger partial charge >= 0.3 is 0 Å². The number of fused-ring (bicyclic) bond motifs is 3. The highest BCUT2D eigenvalue weighted by Crippen LogP contribution is 2.43. The van der Waals surface area contributed by atoms with Crippen molar-refractivity contribution in [2.45, 2.75) is 24.9 Å². The summed E-state index contributed by atoms with van der Waals surface area (Å²) in [7, 11) is 0. The molecule has 1 aliphatic heterocycles. The lowest BCUT2D eigenvalue weighted by atomic mass is 9.97. The molecule has 0 bridgehead atoms. The van der Waals surface area contributed by atoms with Crippen molar-refractivity contribution in [2.75, 3.05) is 11.4 Å². The first-order chi connectivity index (χ1) is 18.8. The van der Waals surface area contributed by atoms with Crippen molar-refractivity contribution >= 4 is 46.4 Å². The van der Waals surface area contributed by atoms with Gasteiger partial charge in [0.05, 0.1) is 22.0 Å². The first kappa shape index (κ1) is 25.2. The van der Waals surface area contributed by atoms with Crippen LogP contribution in [0.4, 0.5) is 11.4 Å². The lowest BCUT2D eigenvalue weighted by Gasteiger charge is -2.39. The van der Waals surface area contributed by atoms with Crippen LogP contribution in [0.2, 0.25) is 10.0 Å². The number of hydrogen-bond donors (Lipinski definition) is 0. The minimum Gasteiger partial charge on any atom is -0.326 e. The third-order valence-corrected chi connectivity index (χ3v) is 7.69. The molecule has 2 aliphatic rings. The Hall–Kier alpha value is -4.14. The smallest absolute Gasteiger partial charge is 0.288 e. The van der Waals surface area contributed by atoms with E-state index in [2.05, 4.69) is 4.57 Å². The normalized spacial score (nSPS) is 15.8. The summed E-state index contributed by atoms with van der Waals surface area (Å²) in [6.45, 7) is -0.181. The van der Waals surface area contributed by atoms with Gasteiger partial charge in [0.2, 0.25) is 5.91 Å². The second-order valence-electron chi connectivity index (χ2n) is 9.60. The summed E-state index contributed by atoms with van der Waals surface area (Å²) in [6, 6.07) is 22.3. The second-order valence-corrected chi connectivity index (χ2v) is 10.4. The van der Waals surface area contributed by atoms with Gasteiger partial charge in [0.25, 0.3) is 11.6 Å². The minimum absolute atomic E-state index is 0.0515. The van der Waals surface area contributed by atoms with Crippen LogP contribution in [0.25, 0.3) is 5.69 Å². The van der Waals surface area contributed by atoms with E-state index in [-0.39, 0.29) is 34.8 Å². The molecule has 2 heterocycles. The fourth-order valence-corrected chi connectivity index (χ4v) is 5.46. The van der Waals surface area contributed by atoms with Gasteiger partial charge in [0.15, 0.2) is 0 Å². The van der Waals surface area contributed by atoms with Crippen molar-refractivity contribution in [3.05, 3.63) is 122 Å². The summed E-state index contributed by atoms with van der Waals surface area (Å²) in [4.78, 5) is 41.9. The van der Waals surface area contributed by atoms with Crippen molar-refractivity contribution in [2.24, 2.45) is 0 Å². The molecule has 1 aromatic heterocycles. The zero-order valence-electron chi connectivity index (χ0n) is 20.5. The number of nitro groups is 1. The third kappa shape index (κ3) is 4.56. The summed E-state index contributed by atoms with van der Waals surface area (Å²) in [5.41, 5.74) is 3.12. The van der Waals surface area contributed by atoms with Gasteiger partial charge in [-0.1, -0.05) is 47.5 Å². The Morgan fingerprint density at radius 3 is 2.36 bits per heavy atom. The molecule has 1 saturated carbocycles. The maximum atomic E-state index is 14.2. The lowest BCUT2D eigenvalue weighted by Crippen LogP contribution is -2.47. The van der Waals surface area contributed by atoms with Crippen LogP contribution >= 0.6 is 23.2 Å². The molecule has 0 radical (unpaired) electrons. The largest absolute Gasteiger partial charge is 0.326 e. The lowest BCUT2D eigenvalue weighted by molar-refractivity contribution is -0.384. The highest BCUT2D eigenvalue weighted by Gasteiger charge is 2.40. The number of aromatic nitrogens is 1. The Morgan fingerprint density at radius 1 is 0.949 bits per heavy atom. The van der Waals surface area contributed by atoms with E-state index in [1.165, 1.54) is 23.1 Å². The van der Waals surface area contributed by atoms with Crippen molar-refractivity contribution in [3.8, 4) is 5.69 Å². The minimum atomic E-state index is -0.623. The molecule has 0 N–H and O–H groups in total. The van der Waals surface area contributed by atoms with Crippen LogP contribution in [0.5, 0.6) is 0 Å². The Bertz CT molecular complexity index is 1610. The zero-order chi connectivity index (χ0) is 27.3. The first-order valence-corrected chi connectivity index (χ1v) is 13.2. The van der Waals surface area contributed by atoms with Crippen molar-refractivity contribution in [1.29, 1.82) is 0 Å². The SMILES string of the molecule is O=C(c1ccc(Cl)c([N+](=O)[O-])c1)N(CC(=O)N1c2ccccc2-n2cccc2C1c1ccc(Cl)cc1)C1CC1. The van der Waals surface area contributed by atoms with Gasteiger partial charge in [0, 0.05) is 28.9 Å². The molecule has 3 aromatic carbocycles. The van der Waals surface area contributed by atoms with Crippen LogP contribution in [0.1, 0.15) is 40.5 Å². The van der Waals surface area contributed by atoms with Crippen LogP contribution in [0.3, 0.4) is 0 Å². The Balaban J connectivity index is 1.39. The van der Waals surface area contributed by atoms with Crippen LogP contribution in [0, 0.1) is 10.1 Å². The molecule has 6 rings (SSSR count). The quantitative estimate of drug-likeness (QED) is 0.200. The predicted molar refractivity (Wildman–Crippen MR) is 149 cm³/mol. The molecule has 10 heteroatoms. The summed E-state index contributed by atoms with van der Waals surface area (Å²) in [5.74, 6) is -0.708. The van der Waals surface area contributed by atoms with Gasteiger partial charge in [-0.05, 0) is 66.9 Å². The number of para-hydroxylation sites is 2. The molecule has 1 aliphatic carbocycles. The second kappa shape index (κ2) is 9.87. The Morgan fingerprint density at radius 2 is 1.67 bits per heavy atom. The summed E-state index contributed by atoms with van der Waals surface area (Å²) >= 11 is 12.1. The summed E-state index contributed by atoms with van der Waals surface area (Å²) in [6.07, 6.45) is 3.48. The first-order valence-electron chi connectivity index (χ1n) is 12.4. The number of rotatable bonds is 6. The average Bonchev–Trinajstić information content (AvgIpc) is 3.66. The van der Waals surface area contributed by atoms with E-state index in [0.29, 0.717) is 5.02 Å². The number of nitrogens with zero attached hydrogens (tertiary/aromatic N) is 4. The summed E-state index contributed by atoms with van der Waals surface area (Å²) in [5, 5.41) is 11.9. The van der Waals surface area contributed by atoms with Gasteiger partial charge in [-0.15, -0.1) is 0 Å². The highest BCUT2D eigenvalue weighted by molar-refractivity contribution is 6.32. The molecule has 1 fully saturated rings. The zero-order valence-corrected chi connectivity index (χ0v) is 22.0. The molecule has 0 saturated heterocycles. The van der Waals surface area contributed by atoms with Crippen LogP contribution in [-0.2, 0) is 4.79 Å². The van der Waals surface area contributed by atoms with Gasteiger partial charge in [-0.3, -0.25) is 24.6 Å². The molecule has 8 nitrogen and oxygen atoms in total. The van der Waals surface area contributed by atoms with E-state index in [1.807, 2.05) is 54.7 Å². The van der Waals surface area contributed by atoms with E-state index in [9.17, 15) is 19.7 Å². The standard InChI is InChI=1S/C29H22Cl2N4O4/c30-20-10-7-18(8-11-20)28-25-6-3-15-32(25)23-4-1-2-5-24(23)34(28)27(36)17-33(21-12-13-21)29(37)19-9-14-22(31)26(16-19)35(38)39/h1-11,14-16,21,28H,12-13,17H2.